The van der Waals surface area contributed by atoms with Crippen LogP contribution in [0.25, 0.3) is 10.9 Å². The monoisotopic (exact) mass is 345 g/mol. The van der Waals surface area contributed by atoms with E-state index >= 15 is 0 Å². The molecule has 1 aromatic heterocycles. The maximum atomic E-state index is 12.5. The summed E-state index contributed by atoms with van der Waals surface area (Å²) in [7, 11) is 0. The Hall–Kier alpha value is -2.88. The average Bonchev–Trinajstić information content (AvgIpc) is 2.97. The van der Waals surface area contributed by atoms with Crippen LogP contribution in [0.5, 0.6) is 0 Å². The molecule has 2 aromatic carbocycles. The lowest BCUT2D eigenvalue weighted by molar-refractivity contribution is 0.102. The van der Waals surface area contributed by atoms with Crippen LogP contribution in [0.3, 0.4) is 0 Å². The first kappa shape index (κ1) is 16.6. The Balaban J connectivity index is 1.47. The zero-order chi connectivity index (χ0) is 17.8. The number of hydrogen-bond acceptors (Lipinski definition) is 3. The van der Waals surface area contributed by atoms with E-state index in [-0.39, 0.29) is 5.91 Å². The van der Waals surface area contributed by atoms with Gasteiger partial charge >= 0.3 is 0 Å². The predicted molar refractivity (Wildman–Crippen MR) is 107 cm³/mol. The van der Waals surface area contributed by atoms with Crippen molar-refractivity contribution in [1.29, 1.82) is 0 Å². The molecule has 1 N–H and O–H groups in total. The number of para-hydroxylation sites is 1. The summed E-state index contributed by atoms with van der Waals surface area (Å²) in [6.45, 7) is 2.21. The van der Waals surface area contributed by atoms with Gasteiger partial charge in [0.1, 0.15) is 0 Å². The maximum Gasteiger partial charge on any atom is 0.255 e. The third-order valence-electron chi connectivity index (χ3n) is 4.95. The molecule has 1 aliphatic heterocycles. The minimum absolute atomic E-state index is 0.107. The van der Waals surface area contributed by atoms with Crippen LogP contribution in [0.2, 0.25) is 0 Å². The Morgan fingerprint density at radius 3 is 2.42 bits per heavy atom. The van der Waals surface area contributed by atoms with Crippen molar-refractivity contribution in [1.82, 2.24) is 4.98 Å². The molecule has 1 aliphatic rings. The standard InChI is InChI=1S/C22H23N3O/c26-22(24-19-15-18-7-3-4-8-21(18)23-16-19)17-9-11-20(12-10-17)25-13-5-1-2-6-14-25/h3-4,7-12,15-16H,1-2,5-6,13-14H2,(H,24,26). The molecule has 0 saturated carbocycles. The van der Waals surface area contributed by atoms with Crippen molar-refractivity contribution < 1.29 is 4.79 Å². The minimum Gasteiger partial charge on any atom is -0.372 e. The number of nitrogens with zero attached hydrogens (tertiary/aromatic N) is 2. The van der Waals surface area contributed by atoms with Gasteiger partial charge in [-0.3, -0.25) is 9.78 Å². The van der Waals surface area contributed by atoms with E-state index < -0.39 is 0 Å². The van der Waals surface area contributed by atoms with Crippen molar-refractivity contribution in [3.8, 4) is 0 Å². The molecular formula is C22H23N3O. The number of rotatable bonds is 3. The van der Waals surface area contributed by atoms with Gasteiger partial charge in [0.2, 0.25) is 0 Å². The van der Waals surface area contributed by atoms with Gasteiger partial charge in [0.25, 0.3) is 5.91 Å². The van der Waals surface area contributed by atoms with Crippen LogP contribution in [0.1, 0.15) is 36.0 Å². The number of carbonyl (C=O) groups is 1. The molecule has 0 unspecified atom stereocenters. The zero-order valence-electron chi connectivity index (χ0n) is 14.8. The fourth-order valence-electron chi connectivity index (χ4n) is 3.50. The van der Waals surface area contributed by atoms with Gasteiger partial charge in [-0.1, -0.05) is 31.0 Å². The second-order valence-corrected chi connectivity index (χ2v) is 6.82. The summed E-state index contributed by atoms with van der Waals surface area (Å²) in [6, 6.07) is 17.8. The van der Waals surface area contributed by atoms with Crippen molar-refractivity contribution >= 4 is 28.2 Å². The Morgan fingerprint density at radius 1 is 0.923 bits per heavy atom. The number of fused-ring (bicyclic) bond motifs is 1. The second-order valence-electron chi connectivity index (χ2n) is 6.82. The van der Waals surface area contributed by atoms with E-state index in [0.29, 0.717) is 11.3 Å². The first-order valence-corrected chi connectivity index (χ1v) is 9.31. The number of nitrogens with one attached hydrogen (secondary N) is 1. The number of amides is 1. The summed E-state index contributed by atoms with van der Waals surface area (Å²) in [4.78, 5) is 19.3. The van der Waals surface area contributed by atoms with Gasteiger partial charge in [-0.15, -0.1) is 0 Å². The van der Waals surface area contributed by atoms with Crippen LogP contribution in [0.4, 0.5) is 11.4 Å². The second kappa shape index (κ2) is 7.56. The Morgan fingerprint density at radius 2 is 1.65 bits per heavy atom. The molecule has 2 heterocycles. The molecule has 1 amide bonds. The van der Waals surface area contributed by atoms with E-state index in [9.17, 15) is 4.79 Å². The summed E-state index contributed by atoms with van der Waals surface area (Å²) >= 11 is 0. The molecule has 4 heteroatoms. The van der Waals surface area contributed by atoms with Crippen molar-refractivity contribution in [3.63, 3.8) is 0 Å². The SMILES string of the molecule is O=C(Nc1cnc2ccccc2c1)c1ccc(N2CCCCCC2)cc1. The van der Waals surface area contributed by atoms with Gasteiger partial charge in [-0.05, 0) is 49.2 Å². The number of hydrogen-bond donors (Lipinski definition) is 1. The molecule has 1 saturated heterocycles. The fourth-order valence-corrected chi connectivity index (χ4v) is 3.50. The van der Waals surface area contributed by atoms with Crippen LogP contribution in [0.15, 0.2) is 60.8 Å². The lowest BCUT2D eigenvalue weighted by atomic mass is 10.1. The van der Waals surface area contributed by atoms with Gasteiger partial charge in [-0.2, -0.15) is 0 Å². The van der Waals surface area contributed by atoms with E-state index in [0.717, 1.165) is 24.0 Å². The third-order valence-corrected chi connectivity index (χ3v) is 4.95. The minimum atomic E-state index is -0.107. The highest BCUT2D eigenvalue weighted by atomic mass is 16.1. The number of aromatic nitrogens is 1. The lowest BCUT2D eigenvalue weighted by Gasteiger charge is -2.22. The fraction of sp³-hybridized carbons (Fsp3) is 0.273. The first-order valence-electron chi connectivity index (χ1n) is 9.31. The van der Waals surface area contributed by atoms with Crippen molar-refractivity contribution in [2.45, 2.75) is 25.7 Å². The Labute approximate surface area is 153 Å². The highest BCUT2D eigenvalue weighted by Gasteiger charge is 2.11. The highest BCUT2D eigenvalue weighted by molar-refractivity contribution is 6.05. The van der Waals surface area contributed by atoms with E-state index in [1.165, 1.54) is 31.4 Å². The van der Waals surface area contributed by atoms with Crippen LogP contribution in [-0.2, 0) is 0 Å². The molecule has 26 heavy (non-hydrogen) atoms. The molecule has 132 valence electrons. The van der Waals surface area contributed by atoms with Gasteiger partial charge in [0, 0.05) is 29.7 Å². The molecule has 0 atom stereocenters. The molecule has 4 rings (SSSR count). The van der Waals surface area contributed by atoms with E-state index in [1.807, 2.05) is 42.5 Å². The molecule has 1 fully saturated rings. The molecule has 0 radical (unpaired) electrons. The van der Waals surface area contributed by atoms with Crippen molar-refractivity contribution in [2.24, 2.45) is 0 Å². The summed E-state index contributed by atoms with van der Waals surface area (Å²) in [5.41, 5.74) is 3.50. The number of anilines is 2. The van der Waals surface area contributed by atoms with E-state index in [2.05, 4.69) is 27.3 Å². The van der Waals surface area contributed by atoms with Crippen molar-refractivity contribution in [2.75, 3.05) is 23.3 Å². The quantitative estimate of drug-likeness (QED) is 0.737. The molecule has 3 aromatic rings. The lowest BCUT2D eigenvalue weighted by Crippen LogP contribution is -2.23. The smallest absolute Gasteiger partial charge is 0.255 e. The number of pyridine rings is 1. The van der Waals surface area contributed by atoms with Crippen LogP contribution in [0, 0.1) is 0 Å². The van der Waals surface area contributed by atoms with Gasteiger partial charge < -0.3 is 10.2 Å². The summed E-state index contributed by atoms with van der Waals surface area (Å²) in [5.74, 6) is -0.107. The van der Waals surface area contributed by atoms with Crippen LogP contribution < -0.4 is 10.2 Å². The topological polar surface area (TPSA) is 45.2 Å². The van der Waals surface area contributed by atoms with E-state index in [4.69, 9.17) is 0 Å². The molecule has 0 spiro atoms. The van der Waals surface area contributed by atoms with Crippen LogP contribution >= 0.6 is 0 Å². The highest BCUT2D eigenvalue weighted by Crippen LogP contribution is 2.21. The average molecular weight is 345 g/mol. The summed E-state index contributed by atoms with van der Waals surface area (Å²) in [6.07, 6.45) is 6.83. The third kappa shape index (κ3) is 3.69. The number of carbonyl (C=O) groups excluding carboxylic acids is 1. The zero-order valence-corrected chi connectivity index (χ0v) is 14.8. The summed E-state index contributed by atoms with van der Waals surface area (Å²) in [5, 5.41) is 3.96. The Bertz CT molecular complexity index is 897. The predicted octanol–water partition coefficient (Wildman–Crippen LogP) is 4.87. The molecule has 4 nitrogen and oxygen atoms in total. The molecular weight excluding hydrogens is 322 g/mol. The molecule has 0 aliphatic carbocycles. The number of benzene rings is 2. The maximum absolute atomic E-state index is 12.5. The first-order chi connectivity index (χ1) is 12.8. The Kier molecular flexibility index (Phi) is 4.82. The van der Waals surface area contributed by atoms with Crippen LogP contribution in [-0.4, -0.2) is 24.0 Å². The van der Waals surface area contributed by atoms with E-state index in [1.54, 1.807) is 6.20 Å². The summed E-state index contributed by atoms with van der Waals surface area (Å²) < 4.78 is 0. The van der Waals surface area contributed by atoms with Gasteiger partial charge in [-0.25, -0.2) is 0 Å². The van der Waals surface area contributed by atoms with Crippen molar-refractivity contribution in [3.05, 3.63) is 66.4 Å². The largest absolute Gasteiger partial charge is 0.372 e. The molecule has 0 bridgehead atoms. The van der Waals surface area contributed by atoms with Gasteiger partial charge in [0.15, 0.2) is 0 Å². The van der Waals surface area contributed by atoms with Gasteiger partial charge in [0.05, 0.1) is 17.4 Å². The normalized spacial score (nSPS) is 14.8.